The van der Waals surface area contributed by atoms with E-state index in [1.54, 1.807) is 7.11 Å². The molecule has 1 heterocycles. The molecule has 0 saturated heterocycles. The van der Waals surface area contributed by atoms with Gasteiger partial charge < -0.3 is 4.74 Å². The first-order valence-electron chi connectivity index (χ1n) is 5.94. The van der Waals surface area contributed by atoms with Gasteiger partial charge in [0.15, 0.2) is 5.78 Å². The Labute approximate surface area is 102 Å². The van der Waals surface area contributed by atoms with E-state index in [2.05, 4.69) is 6.92 Å². The summed E-state index contributed by atoms with van der Waals surface area (Å²) < 4.78 is 5.14. The topological polar surface area (TPSA) is 26.3 Å². The van der Waals surface area contributed by atoms with Crippen LogP contribution >= 0.6 is 11.3 Å². The van der Waals surface area contributed by atoms with E-state index in [0.717, 1.165) is 23.5 Å². The number of thiophene rings is 1. The van der Waals surface area contributed by atoms with Crippen molar-refractivity contribution >= 4 is 17.1 Å². The maximum Gasteiger partial charge on any atom is 0.176 e. The fourth-order valence-corrected chi connectivity index (χ4v) is 2.49. The third kappa shape index (κ3) is 3.97. The van der Waals surface area contributed by atoms with Crippen LogP contribution in [0, 0.1) is 0 Å². The van der Waals surface area contributed by atoms with Crippen molar-refractivity contribution in [3.8, 4) is 5.75 Å². The molecule has 0 aliphatic heterocycles. The van der Waals surface area contributed by atoms with Crippen LogP contribution in [0.1, 0.15) is 55.1 Å². The van der Waals surface area contributed by atoms with Gasteiger partial charge in [0.25, 0.3) is 0 Å². The van der Waals surface area contributed by atoms with Gasteiger partial charge in [-0.05, 0) is 17.9 Å². The molecule has 0 spiro atoms. The Morgan fingerprint density at radius 1 is 1.31 bits per heavy atom. The minimum atomic E-state index is 0.225. The van der Waals surface area contributed by atoms with Crippen LogP contribution in [-0.4, -0.2) is 12.9 Å². The van der Waals surface area contributed by atoms with E-state index in [9.17, 15) is 4.79 Å². The smallest absolute Gasteiger partial charge is 0.176 e. The molecule has 3 heteroatoms. The largest absolute Gasteiger partial charge is 0.495 e. The molecule has 0 N–H and O–H groups in total. The maximum atomic E-state index is 11.8. The summed E-state index contributed by atoms with van der Waals surface area (Å²) in [6.45, 7) is 2.20. The molecule has 90 valence electrons. The quantitative estimate of drug-likeness (QED) is 0.500. The number of ether oxygens (including phenoxy) is 1. The summed E-state index contributed by atoms with van der Waals surface area (Å²) in [5.41, 5.74) is 0. The summed E-state index contributed by atoms with van der Waals surface area (Å²) in [4.78, 5) is 12.6. The molecule has 0 unspecified atom stereocenters. The minimum absolute atomic E-state index is 0.225. The maximum absolute atomic E-state index is 11.8. The third-order valence-electron chi connectivity index (χ3n) is 2.61. The van der Waals surface area contributed by atoms with Crippen molar-refractivity contribution in [1.82, 2.24) is 0 Å². The molecule has 0 fully saturated rings. The fourth-order valence-electron chi connectivity index (χ4n) is 1.66. The Morgan fingerprint density at radius 3 is 2.75 bits per heavy atom. The summed E-state index contributed by atoms with van der Waals surface area (Å²) in [6.07, 6.45) is 6.57. The van der Waals surface area contributed by atoms with Crippen LogP contribution in [0.25, 0.3) is 0 Å². The highest BCUT2D eigenvalue weighted by Gasteiger charge is 2.12. The van der Waals surface area contributed by atoms with E-state index in [0.29, 0.717) is 6.42 Å². The minimum Gasteiger partial charge on any atom is -0.495 e. The fraction of sp³-hybridized carbons (Fsp3) is 0.615. The molecule has 0 bridgehead atoms. The van der Waals surface area contributed by atoms with Gasteiger partial charge in [-0.25, -0.2) is 0 Å². The number of ketones is 1. The standard InChI is InChI=1S/C13H20O2S/c1-3-4-5-6-7-8-11(14)13-12(15-2)9-10-16-13/h9-10H,3-8H2,1-2H3. The third-order valence-corrected chi connectivity index (χ3v) is 3.55. The first kappa shape index (κ1) is 13.2. The van der Waals surface area contributed by atoms with Crippen LogP contribution < -0.4 is 4.74 Å². The normalized spacial score (nSPS) is 10.4. The Bertz CT molecular complexity index is 317. The Morgan fingerprint density at radius 2 is 2.06 bits per heavy atom. The molecule has 0 aliphatic carbocycles. The highest BCUT2D eigenvalue weighted by atomic mass is 32.1. The number of carbonyl (C=O) groups excluding carboxylic acids is 1. The van der Waals surface area contributed by atoms with Gasteiger partial charge in [-0.2, -0.15) is 0 Å². The number of rotatable bonds is 8. The lowest BCUT2D eigenvalue weighted by Crippen LogP contribution is -1.98. The van der Waals surface area contributed by atoms with Gasteiger partial charge in [-0.3, -0.25) is 4.79 Å². The number of hydrogen-bond acceptors (Lipinski definition) is 3. The predicted octanol–water partition coefficient (Wildman–Crippen LogP) is 4.30. The second kappa shape index (κ2) is 7.44. The summed E-state index contributed by atoms with van der Waals surface area (Å²) in [5.74, 6) is 0.951. The lowest BCUT2D eigenvalue weighted by atomic mass is 10.1. The van der Waals surface area contributed by atoms with Crippen LogP contribution in [0.4, 0.5) is 0 Å². The van der Waals surface area contributed by atoms with Gasteiger partial charge in [0.2, 0.25) is 0 Å². The Kier molecular flexibility index (Phi) is 6.16. The lowest BCUT2D eigenvalue weighted by molar-refractivity contribution is 0.0980. The van der Waals surface area contributed by atoms with Crippen LogP contribution in [0.5, 0.6) is 5.75 Å². The zero-order chi connectivity index (χ0) is 11.8. The first-order chi connectivity index (χ1) is 7.79. The number of unbranched alkanes of at least 4 members (excludes halogenated alkanes) is 4. The van der Waals surface area contributed by atoms with Crippen molar-refractivity contribution in [2.75, 3.05) is 7.11 Å². The van der Waals surface area contributed by atoms with E-state index in [1.165, 1.54) is 30.6 Å². The van der Waals surface area contributed by atoms with Gasteiger partial charge in [0.1, 0.15) is 10.6 Å². The van der Waals surface area contributed by atoms with E-state index in [1.807, 2.05) is 11.4 Å². The van der Waals surface area contributed by atoms with Gasteiger partial charge in [0, 0.05) is 6.42 Å². The van der Waals surface area contributed by atoms with E-state index >= 15 is 0 Å². The summed E-state index contributed by atoms with van der Waals surface area (Å²) in [6, 6.07) is 1.86. The first-order valence-corrected chi connectivity index (χ1v) is 6.82. The summed E-state index contributed by atoms with van der Waals surface area (Å²) >= 11 is 1.48. The van der Waals surface area contributed by atoms with Crippen LogP contribution in [-0.2, 0) is 0 Å². The highest BCUT2D eigenvalue weighted by molar-refractivity contribution is 7.12. The van der Waals surface area contributed by atoms with E-state index < -0.39 is 0 Å². The molecule has 0 aliphatic rings. The monoisotopic (exact) mass is 240 g/mol. The zero-order valence-electron chi connectivity index (χ0n) is 10.1. The molecular weight excluding hydrogens is 220 g/mol. The molecule has 0 radical (unpaired) electrons. The molecule has 2 nitrogen and oxygen atoms in total. The van der Waals surface area contributed by atoms with Crippen molar-refractivity contribution in [1.29, 1.82) is 0 Å². The SMILES string of the molecule is CCCCCCCC(=O)c1sccc1OC. The average molecular weight is 240 g/mol. The number of hydrogen-bond donors (Lipinski definition) is 0. The van der Waals surface area contributed by atoms with Gasteiger partial charge >= 0.3 is 0 Å². The lowest BCUT2D eigenvalue weighted by Gasteiger charge is -2.02. The van der Waals surface area contributed by atoms with E-state index in [4.69, 9.17) is 4.74 Å². The molecule has 0 atom stereocenters. The Balaban J connectivity index is 2.30. The predicted molar refractivity (Wildman–Crippen MR) is 68.6 cm³/mol. The molecular formula is C13H20O2S. The average Bonchev–Trinajstić information content (AvgIpc) is 2.76. The molecule has 1 rings (SSSR count). The van der Waals surface area contributed by atoms with Gasteiger partial charge in [-0.1, -0.05) is 32.6 Å². The molecule has 0 aromatic carbocycles. The van der Waals surface area contributed by atoms with Crippen molar-refractivity contribution in [2.24, 2.45) is 0 Å². The van der Waals surface area contributed by atoms with Crippen molar-refractivity contribution < 1.29 is 9.53 Å². The molecule has 16 heavy (non-hydrogen) atoms. The van der Waals surface area contributed by atoms with Gasteiger partial charge in [-0.15, -0.1) is 11.3 Å². The molecule has 0 saturated carbocycles. The second-order valence-corrected chi connectivity index (χ2v) is 4.82. The summed E-state index contributed by atoms with van der Waals surface area (Å²) in [7, 11) is 1.61. The number of Topliss-reactive ketones (excluding diaryl/α,β-unsaturated/α-hetero) is 1. The van der Waals surface area contributed by atoms with E-state index in [-0.39, 0.29) is 5.78 Å². The van der Waals surface area contributed by atoms with Gasteiger partial charge in [0.05, 0.1) is 7.11 Å². The highest BCUT2D eigenvalue weighted by Crippen LogP contribution is 2.26. The molecule has 1 aromatic rings. The Hall–Kier alpha value is -0.830. The molecule has 0 amide bonds. The zero-order valence-corrected chi connectivity index (χ0v) is 10.9. The second-order valence-electron chi connectivity index (χ2n) is 3.91. The summed E-state index contributed by atoms with van der Waals surface area (Å²) in [5, 5.41) is 1.91. The number of carbonyl (C=O) groups is 1. The van der Waals surface area contributed by atoms with Crippen LogP contribution in [0.2, 0.25) is 0 Å². The van der Waals surface area contributed by atoms with Crippen molar-refractivity contribution in [2.45, 2.75) is 45.4 Å². The van der Waals surface area contributed by atoms with Crippen molar-refractivity contribution in [3.05, 3.63) is 16.3 Å². The van der Waals surface area contributed by atoms with Crippen molar-refractivity contribution in [3.63, 3.8) is 0 Å². The van der Waals surface area contributed by atoms with Crippen LogP contribution in [0.3, 0.4) is 0 Å². The van der Waals surface area contributed by atoms with Crippen LogP contribution in [0.15, 0.2) is 11.4 Å². The molecule has 1 aromatic heterocycles. The number of methoxy groups -OCH3 is 1.